The molecule has 3 heterocycles. The maximum Gasteiger partial charge on any atom is 0.222 e. The van der Waals surface area contributed by atoms with E-state index in [1.54, 1.807) is 6.33 Å². The molecule has 1 amide bonds. The number of aromatic nitrogens is 2. The second kappa shape index (κ2) is 6.48. The Kier molecular flexibility index (Phi) is 4.42. The summed E-state index contributed by atoms with van der Waals surface area (Å²) in [6, 6.07) is 2.10. The van der Waals surface area contributed by atoms with Gasteiger partial charge in [-0.2, -0.15) is 0 Å². The molecule has 0 radical (unpaired) electrons. The number of nitrogens with two attached hydrogens (primary N) is 1. The van der Waals surface area contributed by atoms with Gasteiger partial charge in [0.05, 0.1) is 18.6 Å². The molecule has 2 fully saturated rings. The Morgan fingerprint density at radius 1 is 1.27 bits per heavy atom. The van der Waals surface area contributed by atoms with Crippen molar-refractivity contribution in [3.8, 4) is 0 Å². The Balaban J connectivity index is 1.77. The van der Waals surface area contributed by atoms with Crippen LogP contribution in [0.15, 0.2) is 12.4 Å². The smallest absolute Gasteiger partial charge is 0.222 e. The minimum absolute atomic E-state index is 0.107. The number of aliphatic hydroxyl groups excluding tert-OH is 1. The molecule has 0 aliphatic carbocycles. The second-order valence-electron chi connectivity index (χ2n) is 6.09. The van der Waals surface area contributed by atoms with Crippen LogP contribution in [-0.2, 0) is 4.79 Å². The van der Waals surface area contributed by atoms with Gasteiger partial charge in [0, 0.05) is 25.7 Å². The van der Waals surface area contributed by atoms with Gasteiger partial charge >= 0.3 is 0 Å². The van der Waals surface area contributed by atoms with Crippen LogP contribution >= 0.6 is 0 Å². The molecule has 1 aromatic heterocycles. The lowest BCUT2D eigenvalue weighted by Crippen LogP contribution is -2.41. The lowest BCUT2D eigenvalue weighted by molar-refractivity contribution is -0.122. The third kappa shape index (κ3) is 2.99. The van der Waals surface area contributed by atoms with Gasteiger partial charge in [0.25, 0.3) is 0 Å². The minimum atomic E-state index is -0.237. The fraction of sp³-hybridized carbons (Fsp3) is 0.667. The highest BCUT2D eigenvalue weighted by atomic mass is 16.3. The topological polar surface area (TPSA) is 95.6 Å². The number of amides is 1. The molecule has 2 aliphatic heterocycles. The monoisotopic (exact) mass is 305 g/mol. The van der Waals surface area contributed by atoms with Crippen molar-refractivity contribution in [1.29, 1.82) is 0 Å². The predicted octanol–water partition coefficient (Wildman–Crippen LogP) is 0.139. The highest BCUT2D eigenvalue weighted by Crippen LogP contribution is 2.27. The van der Waals surface area contributed by atoms with E-state index in [4.69, 9.17) is 5.73 Å². The predicted molar refractivity (Wildman–Crippen MR) is 83.6 cm³/mol. The number of nitrogens with zero attached hydrogens (tertiary/aromatic N) is 4. The molecule has 2 saturated heterocycles. The van der Waals surface area contributed by atoms with Crippen LogP contribution in [0.5, 0.6) is 0 Å². The van der Waals surface area contributed by atoms with Crippen LogP contribution in [0.2, 0.25) is 0 Å². The molecule has 0 aromatic carbocycles. The summed E-state index contributed by atoms with van der Waals surface area (Å²) in [6.45, 7) is 2.55. The van der Waals surface area contributed by atoms with Crippen LogP contribution in [0.1, 0.15) is 25.7 Å². The highest BCUT2D eigenvalue weighted by molar-refractivity contribution is 5.77. The average Bonchev–Trinajstić information content (AvgIpc) is 3.04. The summed E-state index contributed by atoms with van der Waals surface area (Å²) in [5.74, 6) is 1.34. The van der Waals surface area contributed by atoms with Crippen LogP contribution in [-0.4, -0.2) is 53.3 Å². The van der Waals surface area contributed by atoms with E-state index in [0.29, 0.717) is 6.54 Å². The number of piperidine rings is 1. The summed E-state index contributed by atoms with van der Waals surface area (Å²) in [7, 11) is 0. The molecule has 0 saturated carbocycles. The molecule has 2 aliphatic rings. The molecule has 120 valence electrons. The molecule has 3 N–H and O–H groups in total. The molecule has 7 heteroatoms. The van der Waals surface area contributed by atoms with Gasteiger partial charge in [0.15, 0.2) is 0 Å². The Bertz CT molecular complexity index is 538. The summed E-state index contributed by atoms with van der Waals surface area (Å²) in [4.78, 5) is 24.4. The maximum atomic E-state index is 11.4. The van der Waals surface area contributed by atoms with E-state index < -0.39 is 0 Å². The van der Waals surface area contributed by atoms with Gasteiger partial charge in [0.1, 0.15) is 18.0 Å². The Labute approximate surface area is 130 Å². The number of hydrogen-bond acceptors (Lipinski definition) is 6. The maximum absolute atomic E-state index is 11.4. The lowest BCUT2D eigenvalue weighted by Gasteiger charge is -2.32. The van der Waals surface area contributed by atoms with Crippen LogP contribution in [0.3, 0.4) is 0 Å². The third-order valence-electron chi connectivity index (χ3n) is 4.67. The first-order valence-corrected chi connectivity index (χ1v) is 7.93. The van der Waals surface area contributed by atoms with Crippen LogP contribution in [0, 0.1) is 5.92 Å². The molecule has 1 aromatic rings. The van der Waals surface area contributed by atoms with Crippen molar-refractivity contribution in [2.75, 3.05) is 36.0 Å². The number of carbonyl (C=O) groups is 1. The van der Waals surface area contributed by atoms with E-state index >= 15 is 0 Å². The summed E-state index contributed by atoms with van der Waals surface area (Å²) < 4.78 is 0. The van der Waals surface area contributed by atoms with Gasteiger partial charge in [0.2, 0.25) is 5.91 Å². The van der Waals surface area contributed by atoms with Crippen molar-refractivity contribution in [2.45, 2.75) is 31.7 Å². The molecule has 0 bridgehead atoms. The van der Waals surface area contributed by atoms with Crippen molar-refractivity contribution >= 4 is 17.5 Å². The lowest BCUT2D eigenvalue weighted by atomic mass is 9.97. The van der Waals surface area contributed by atoms with E-state index in [0.717, 1.165) is 50.4 Å². The SMILES string of the molecule is NC(=O)[C@H]1CCCN(c2cc(N3CCC[C@H]3CO)ncn2)C1. The quantitative estimate of drug-likeness (QED) is 0.821. The normalized spacial score (nSPS) is 25.5. The Hall–Kier alpha value is -1.89. The summed E-state index contributed by atoms with van der Waals surface area (Å²) in [5.41, 5.74) is 5.44. The van der Waals surface area contributed by atoms with Gasteiger partial charge in [-0.15, -0.1) is 0 Å². The van der Waals surface area contributed by atoms with Gasteiger partial charge in [-0.1, -0.05) is 0 Å². The van der Waals surface area contributed by atoms with Gasteiger partial charge in [-0.3, -0.25) is 4.79 Å². The fourth-order valence-corrected chi connectivity index (χ4v) is 3.41. The molecule has 3 rings (SSSR count). The largest absolute Gasteiger partial charge is 0.394 e. The number of aliphatic hydroxyl groups is 1. The number of hydrogen-bond donors (Lipinski definition) is 2. The van der Waals surface area contributed by atoms with E-state index in [1.807, 2.05) is 6.07 Å². The first kappa shape index (κ1) is 15.0. The summed E-state index contributed by atoms with van der Waals surface area (Å²) >= 11 is 0. The highest BCUT2D eigenvalue weighted by Gasteiger charge is 2.27. The average molecular weight is 305 g/mol. The van der Waals surface area contributed by atoms with Crippen LogP contribution in [0.25, 0.3) is 0 Å². The van der Waals surface area contributed by atoms with E-state index in [9.17, 15) is 9.90 Å². The zero-order chi connectivity index (χ0) is 15.5. The molecule has 0 spiro atoms. The zero-order valence-electron chi connectivity index (χ0n) is 12.7. The van der Waals surface area contributed by atoms with Crippen LogP contribution in [0.4, 0.5) is 11.6 Å². The van der Waals surface area contributed by atoms with Crippen molar-refractivity contribution < 1.29 is 9.90 Å². The van der Waals surface area contributed by atoms with Crippen LogP contribution < -0.4 is 15.5 Å². The molecular formula is C15H23N5O2. The molecule has 7 nitrogen and oxygen atoms in total. The van der Waals surface area contributed by atoms with Gasteiger partial charge in [-0.25, -0.2) is 9.97 Å². The first-order chi connectivity index (χ1) is 10.7. The van der Waals surface area contributed by atoms with E-state index in [-0.39, 0.29) is 24.5 Å². The molecule has 0 unspecified atom stereocenters. The fourth-order valence-electron chi connectivity index (χ4n) is 3.41. The van der Waals surface area contributed by atoms with Crippen molar-refractivity contribution in [3.63, 3.8) is 0 Å². The van der Waals surface area contributed by atoms with Crippen molar-refractivity contribution in [3.05, 3.63) is 12.4 Å². The first-order valence-electron chi connectivity index (χ1n) is 7.93. The minimum Gasteiger partial charge on any atom is -0.394 e. The van der Waals surface area contributed by atoms with E-state index in [1.165, 1.54) is 0 Å². The Morgan fingerprint density at radius 2 is 2.05 bits per heavy atom. The standard InChI is InChI=1S/C15H23N5O2/c16-15(22)11-3-1-5-19(8-11)13-7-14(18-10-17-13)20-6-2-4-12(20)9-21/h7,10-12,21H,1-6,8-9H2,(H2,16,22)/t11-,12-/m0/s1. The number of primary amides is 1. The molecule has 2 atom stereocenters. The summed E-state index contributed by atoms with van der Waals surface area (Å²) in [6.07, 6.45) is 5.41. The zero-order valence-corrected chi connectivity index (χ0v) is 12.7. The second-order valence-corrected chi connectivity index (χ2v) is 6.09. The third-order valence-corrected chi connectivity index (χ3v) is 4.67. The Morgan fingerprint density at radius 3 is 2.82 bits per heavy atom. The van der Waals surface area contributed by atoms with E-state index in [2.05, 4.69) is 19.8 Å². The number of carbonyl (C=O) groups excluding carboxylic acids is 1. The van der Waals surface area contributed by atoms with Gasteiger partial charge in [-0.05, 0) is 25.7 Å². The van der Waals surface area contributed by atoms with Crippen molar-refractivity contribution in [2.24, 2.45) is 11.7 Å². The van der Waals surface area contributed by atoms with Gasteiger partial charge < -0.3 is 20.6 Å². The summed E-state index contributed by atoms with van der Waals surface area (Å²) in [5, 5.41) is 9.46. The number of anilines is 2. The molecular weight excluding hydrogens is 282 g/mol. The number of rotatable bonds is 4. The van der Waals surface area contributed by atoms with Crippen molar-refractivity contribution in [1.82, 2.24) is 9.97 Å². The molecule has 22 heavy (non-hydrogen) atoms.